The molecule has 0 bridgehead atoms. The van der Waals surface area contributed by atoms with Gasteiger partial charge in [0.25, 0.3) is 0 Å². The van der Waals surface area contributed by atoms with E-state index in [2.05, 4.69) is 65.2 Å². The van der Waals surface area contributed by atoms with Gasteiger partial charge < -0.3 is 9.97 Å². The van der Waals surface area contributed by atoms with Crippen LogP contribution in [0.5, 0.6) is 0 Å². The number of aromatic nitrogens is 4. The second-order valence-electron chi connectivity index (χ2n) is 6.17. The molecule has 116 valence electrons. The van der Waals surface area contributed by atoms with Gasteiger partial charge in [0.15, 0.2) is 0 Å². The van der Waals surface area contributed by atoms with Gasteiger partial charge in [0, 0.05) is 6.42 Å². The average Bonchev–Trinajstić information content (AvgIpc) is 3.18. The Hall–Kier alpha value is -2.62. The maximum atomic E-state index is 4.76. The summed E-state index contributed by atoms with van der Waals surface area (Å²) in [6, 6.07) is 12.9. The first-order valence-corrected chi connectivity index (χ1v) is 8.13. The van der Waals surface area contributed by atoms with Crippen LogP contribution in [0.2, 0.25) is 0 Å². The van der Waals surface area contributed by atoms with Gasteiger partial charge in [-0.05, 0) is 47.7 Å². The van der Waals surface area contributed by atoms with Crippen LogP contribution >= 0.6 is 0 Å². The number of nitrogens with one attached hydrogen (secondary N) is 2. The van der Waals surface area contributed by atoms with Gasteiger partial charge in [-0.1, -0.05) is 26.0 Å². The summed E-state index contributed by atoms with van der Waals surface area (Å²) < 4.78 is 0. The van der Waals surface area contributed by atoms with Gasteiger partial charge in [0.1, 0.15) is 5.82 Å². The zero-order valence-electron chi connectivity index (χ0n) is 13.4. The first kappa shape index (κ1) is 14.0. The molecule has 2 aromatic heterocycles. The van der Waals surface area contributed by atoms with E-state index in [9.17, 15) is 0 Å². The van der Waals surface area contributed by atoms with E-state index < -0.39 is 0 Å². The van der Waals surface area contributed by atoms with Crippen molar-refractivity contribution in [3.05, 3.63) is 59.7 Å². The van der Waals surface area contributed by atoms with E-state index in [1.807, 2.05) is 0 Å². The number of imidazole rings is 2. The van der Waals surface area contributed by atoms with Crippen molar-refractivity contribution in [2.24, 2.45) is 0 Å². The van der Waals surface area contributed by atoms with E-state index in [-0.39, 0.29) is 0 Å². The fourth-order valence-corrected chi connectivity index (χ4v) is 3.09. The predicted octanol–water partition coefficient (Wildman–Crippen LogP) is 4.35. The Balaban J connectivity index is 1.61. The standard InChI is InChI=1S/C19H20N4/c1-3-13-4-6-16-18(9-13)23-19(22-16)8-12(2)14-5-7-15-17(10-14)21-11-20-15/h4-7,9-12H,3,8H2,1-2H3,(H,20,21)(H,22,23). The second-order valence-corrected chi connectivity index (χ2v) is 6.17. The minimum atomic E-state index is 0.397. The molecule has 0 fully saturated rings. The lowest BCUT2D eigenvalue weighted by Crippen LogP contribution is -2.00. The maximum absolute atomic E-state index is 4.76. The molecule has 0 spiro atoms. The van der Waals surface area contributed by atoms with Crippen molar-refractivity contribution in [3.63, 3.8) is 0 Å². The van der Waals surface area contributed by atoms with Gasteiger partial charge in [0.05, 0.1) is 28.4 Å². The molecule has 2 heterocycles. The highest BCUT2D eigenvalue weighted by Crippen LogP contribution is 2.23. The van der Waals surface area contributed by atoms with Crippen LogP contribution in [-0.4, -0.2) is 19.9 Å². The zero-order valence-corrected chi connectivity index (χ0v) is 13.4. The molecule has 0 aliphatic carbocycles. The second kappa shape index (κ2) is 5.54. The Labute approximate surface area is 135 Å². The van der Waals surface area contributed by atoms with Crippen LogP contribution in [0.3, 0.4) is 0 Å². The predicted molar refractivity (Wildman–Crippen MR) is 93.7 cm³/mol. The van der Waals surface area contributed by atoms with Crippen LogP contribution in [-0.2, 0) is 12.8 Å². The van der Waals surface area contributed by atoms with E-state index >= 15 is 0 Å². The van der Waals surface area contributed by atoms with Crippen LogP contribution in [0.15, 0.2) is 42.7 Å². The van der Waals surface area contributed by atoms with Crippen LogP contribution in [0.4, 0.5) is 0 Å². The summed E-state index contributed by atoms with van der Waals surface area (Å²) in [6.07, 6.45) is 3.68. The van der Waals surface area contributed by atoms with E-state index in [0.717, 1.165) is 40.7 Å². The first-order chi connectivity index (χ1) is 11.2. The molecule has 0 amide bonds. The van der Waals surface area contributed by atoms with Crippen LogP contribution in [0.1, 0.15) is 36.7 Å². The molecule has 4 heteroatoms. The van der Waals surface area contributed by atoms with Crippen LogP contribution in [0.25, 0.3) is 22.1 Å². The lowest BCUT2D eigenvalue weighted by molar-refractivity contribution is 0.730. The third-order valence-electron chi connectivity index (χ3n) is 4.52. The molecule has 2 N–H and O–H groups in total. The third-order valence-corrected chi connectivity index (χ3v) is 4.52. The minimum absolute atomic E-state index is 0.397. The molecule has 4 rings (SSSR count). The Morgan fingerprint density at radius 2 is 1.96 bits per heavy atom. The van der Waals surface area contributed by atoms with Crippen molar-refractivity contribution >= 4 is 22.1 Å². The highest BCUT2D eigenvalue weighted by Gasteiger charge is 2.11. The van der Waals surface area contributed by atoms with E-state index in [0.29, 0.717) is 5.92 Å². The zero-order chi connectivity index (χ0) is 15.8. The first-order valence-electron chi connectivity index (χ1n) is 8.13. The molecule has 4 aromatic rings. The molecule has 0 aliphatic heterocycles. The summed E-state index contributed by atoms with van der Waals surface area (Å²) in [6.45, 7) is 4.41. The molecule has 23 heavy (non-hydrogen) atoms. The lowest BCUT2D eigenvalue weighted by Gasteiger charge is -2.10. The number of aromatic amines is 2. The van der Waals surface area contributed by atoms with Gasteiger partial charge in [-0.15, -0.1) is 0 Å². The van der Waals surface area contributed by atoms with Crippen LogP contribution < -0.4 is 0 Å². The molecular weight excluding hydrogens is 284 g/mol. The summed E-state index contributed by atoms with van der Waals surface area (Å²) in [7, 11) is 0. The maximum Gasteiger partial charge on any atom is 0.107 e. The Morgan fingerprint density at radius 3 is 2.83 bits per heavy atom. The number of fused-ring (bicyclic) bond motifs is 2. The smallest absolute Gasteiger partial charge is 0.107 e. The highest BCUT2D eigenvalue weighted by atomic mass is 14.9. The molecule has 0 saturated carbocycles. The van der Waals surface area contributed by atoms with Gasteiger partial charge in [-0.25, -0.2) is 9.97 Å². The third kappa shape index (κ3) is 2.61. The van der Waals surface area contributed by atoms with Crippen LogP contribution in [0, 0.1) is 0 Å². The number of rotatable bonds is 4. The number of H-pyrrole nitrogens is 2. The SMILES string of the molecule is CCc1ccc2[nH]c(CC(C)c3ccc4nc[nH]c4c3)nc2c1. The van der Waals surface area contributed by atoms with Crippen molar-refractivity contribution in [3.8, 4) is 0 Å². The van der Waals surface area contributed by atoms with Gasteiger partial charge >= 0.3 is 0 Å². The molecule has 0 radical (unpaired) electrons. The number of nitrogens with zero attached hydrogens (tertiary/aromatic N) is 2. The number of hydrogen-bond acceptors (Lipinski definition) is 2. The molecule has 4 nitrogen and oxygen atoms in total. The van der Waals surface area contributed by atoms with Gasteiger partial charge in [-0.2, -0.15) is 0 Å². The van der Waals surface area contributed by atoms with Gasteiger partial charge in [-0.3, -0.25) is 0 Å². The van der Waals surface area contributed by atoms with E-state index in [1.54, 1.807) is 6.33 Å². The van der Waals surface area contributed by atoms with Crippen molar-refractivity contribution in [1.82, 2.24) is 19.9 Å². The van der Waals surface area contributed by atoms with E-state index in [1.165, 1.54) is 11.1 Å². The minimum Gasteiger partial charge on any atom is -0.345 e. The lowest BCUT2D eigenvalue weighted by atomic mass is 9.97. The monoisotopic (exact) mass is 304 g/mol. The summed E-state index contributed by atoms with van der Waals surface area (Å²) in [5, 5.41) is 0. The van der Waals surface area contributed by atoms with Crippen molar-refractivity contribution in [2.75, 3.05) is 0 Å². The quantitative estimate of drug-likeness (QED) is 0.589. The summed E-state index contributed by atoms with van der Waals surface area (Å²) in [5.41, 5.74) is 6.91. The molecular formula is C19H20N4. The van der Waals surface area contributed by atoms with Crippen molar-refractivity contribution < 1.29 is 0 Å². The molecule has 1 atom stereocenters. The normalized spacial score (nSPS) is 13.0. The van der Waals surface area contributed by atoms with Gasteiger partial charge in [0.2, 0.25) is 0 Å². The molecule has 0 saturated heterocycles. The topological polar surface area (TPSA) is 57.4 Å². The van der Waals surface area contributed by atoms with Crippen molar-refractivity contribution in [2.45, 2.75) is 32.6 Å². The Morgan fingerprint density at radius 1 is 1.04 bits per heavy atom. The largest absolute Gasteiger partial charge is 0.345 e. The Kier molecular flexibility index (Phi) is 3.37. The molecule has 1 unspecified atom stereocenters. The highest BCUT2D eigenvalue weighted by molar-refractivity contribution is 5.76. The number of hydrogen-bond donors (Lipinski definition) is 2. The summed E-state index contributed by atoms with van der Waals surface area (Å²) in [5.74, 6) is 1.44. The average molecular weight is 304 g/mol. The summed E-state index contributed by atoms with van der Waals surface area (Å²) in [4.78, 5) is 15.7. The fraction of sp³-hybridized carbons (Fsp3) is 0.263. The van der Waals surface area contributed by atoms with E-state index in [4.69, 9.17) is 4.98 Å². The summed E-state index contributed by atoms with van der Waals surface area (Å²) >= 11 is 0. The fourth-order valence-electron chi connectivity index (χ4n) is 3.09. The molecule has 2 aromatic carbocycles. The molecule has 0 aliphatic rings. The Bertz CT molecular complexity index is 964. The number of benzene rings is 2. The van der Waals surface area contributed by atoms with Crippen molar-refractivity contribution in [1.29, 1.82) is 0 Å². The number of aryl methyl sites for hydroxylation is 1.